The highest BCUT2D eigenvalue weighted by Crippen LogP contribution is 2.40. The maximum Gasteiger partial charge on any atom is 0.328 e. The molecule has 1 saturated carbocycles. The van der Waals surface area contributed by atoms with Crippen LogP contribution >= 0.6 is 0 Å². The minimum absolute atomic E-state index is 0.136. The quantitative estimate of drug-likeness (QED) is 0.239. The fourth-order valence-corrected chi connectivity index (χ4v) is 6.42. The number of benzene rings is 1. The first-order valence-electron chi connectivity index (χ1n) is 14.7. The van der Waals surface area contributed by atoms with E-state index in [1.54, 1.807) is 0 Å². The average Bonchev–Trinajstić information content (AvgIpc) is 3.55. The zero-order valence-corrected chi connectivity index (χ0v) is 23.5. The van der Waals surface area contributed by atoms with Crippen LogP contribution in [0.5, 0.6) is 0 Å². The molecule has 2 atom stereocenters. The Morgan fingerprint density at radius 3 is 2.33 bits per heavy atom. The van der Waals surface area contributed by atoms with Gasteiger partial charge in [0.2, 0.25) is 0 Å². The molecule has 0 aliphatic heterocycles. The highest BCUT2D eigenvalue weighted by Gasteiger charge is 2.33. The largest absolute Gasteiger partial charge is 0.328 e. The Hall–Kier alpha value is -3.55. The van der Waals surface area contributed by atoms with Crippen molar-refractivity contribution in [2.75, 3.05) is 0 Å². The van der Waals surface area contributed by atoms with Crippen LogP contribution in [0, 0.1) is 11.8 Å². The molecule has 4 aromatic rings. The van der Waals surface area contributed by atoms with E-state index in [2.05, 4.69) is 58.2 Å². The summed E-state index contributed by atoms with van der Waals surface area (Å²) >= 11 is 0. The number of H-pyrrole nitrogens is 1. The highest BCUT2D eigenvalue weighted by atomic mass is 16.1. The van der Waals surface area contributed by atoms with Crippen LogP contribution in [0.4, 0.5) is 0 Å². The van der Waals surface area contributed by atoms with Gasteiger partial charge in [0.05, 0.1) is 12.2 Å². The first-order chi connectivity index (χ1) is 19.1. The van der Waals surface area contributed by atoms with E-state index in [-0.39, 0.29) is 5.69 Å². The lowest BCUT2D eigenvalue weighted by molar-refractivity contribution is 0.213. The Morgan fingerprint density at radius 1 is 0.974 bits per heavy atom. The fourth-order valence-electron chi connectivity index (χ4n) is 6.42. The number of tetrazole rings is 1. The lowest BCUT2D eigenvalue weighted by atomic mass is 9.83. The molecule has 1 aliphatic rings. The lowest BCUT2D eigenvalue weighted by Gasteiger charge is -2.31. The molecular formula is C31H41N7O. The van der Waals surface area contributed by atoms with Gasteiger partial charge in [0.25, 0.3) is 0 Å². The van der Waals surface area contributed by atoms with E-state index in [4.69, 9.17) is 4.98 Å². The molecule has 0 radical (unpaired) electrons. The molecule has 3 aromatic heterocycles. The molecule has 5 rings (SSSR count). The number of rotatable bonds is 10. The second kappa shape index (κ2) is 12.5. The maximum atomic E-state index is 14.0. The van der Waals surface area contributed by atoms with Crippen LogP contribution in [-0.4, -0.2) is 34.7 Å². The third-order valence-corrected chi connectivity index (χ3v) is 8.58. The number of hydrogen-bond donors (Lipinski definition) is 1. The van der Waals surface area contributed by atoms with Crippen LogP contribution in [0.15, 0.2) is 53.6 Å². The molecule has 1 aliphatic carbocycles. The van der Waals surface area contributed by atoms with Crippen LogP contribution in [0.25, 0.3) is 22.6 Å². The monoisotopic (exact) mass is 527 g/mol. The summed E-state index contributed by atoms with van der Waals surface area (Å²) < 4.78 is 4.13. The predicted molar refractivity (Wildman–Crippen MR) is 154 cm³/mol. The van der Waals surface area contributed by atoms with Gasteiger partial charge in [-0.25, -0.2) is 9.89 Å². The van der Waals surface area contributed by atoms with E-state index >= 15 is 0 Å². The number of nitrogens with zero attached hydrogens (tertiary/aromatic N) is 6. The Kier molecular flexibility index (Phi) is 8.69. The smallest absolute Gasteiger partial charge is 0.295 e. The summed E-state index contributed by atoms with van der Waals surface area (Å²) in [5.74, 6) is 1.73. The fraction of sp³-hybridized carbons (Fsp3) is 0.516. The summed E-state index contributed by atoms with van der Waals surface area (Å²) in [4.78, 5) is 18.8. The number of unbranched alkanes of at least 4 members (excludes halogenated alkanes) is 1. The van der Waals surface area contributed by atoms with Crippen molar-refractivity contribution in [1.29, 1.82) is 0 Å². The van der Waals surface area contributed by atoms with Crippen LogP contribution in [0.2, 0.25) is 0 Å². The number of hydrogen-bond acceptors (Lipinski definition) is 5. The van der Waals surface area contributed by atoms with Gasteiger partial charge in [0.1, 0.15) is 0 Å². The number of aryl methyl sites for hydroxylation is 1. The summed E-state index contributed by atoms with van der Waals surface area (Å²) in [6, 6.07) is 12.4. The van der Waals surface area contributed by atoms with Crippen molar-refractivity contribution in [1.82, 2.24) is 34.7 Å². The van der Waals surface area contributed by atoms with E-state index < -0.39 is 0 Å². The van der Waals surface area contributed by atoms with Gasteiger partial charge < -0.3 is 0 Å². The Balaban J connectivity index is 1.47. The molecule has 39 heavy (non-hydrogen) atoms. The van der Waals surface area contributed by atoms with Crippen molar-refractivity contribution < 1.29 is 0 Å². The van der Waals surface area contributed by atoms with Crippen molar-refractivity contribution in [3.8, 4) is 22.6 Å². The summed E-state index contributed by atoms with van der Waals surface area (Å²) in [6.07, 6.45) is 14.4. The molecular weight excluding hydrogens is 486 g/mol. The van der Waals surface area contributed by atoms with Gasteiger partial charge in [-0.15, -0.1) is 5.10 Å². The normalized spacial score (nSPS) is 19.7. The molecule has 1 aromatic carbocycles. The molecule has 8 nitrogen and oxygen atoms in total. The summed E-state index contributed by atoms with van der Waals surface area (Å²) in [5, 5.41) is 14.4. The predicted octanol–water partition coefficient (Wildman–Crippen LogP) is 6.45. The summed E-state index contributed by atoms with van der Waals surface area (Å²) in [5.41, 5.74) is 5.00. The van der Waals surface area contributed by atoms with Gasteiger partial charge in [-0.05, 0) is 59.6 Å². The molecule has 0 amide bonds. The third-order valence-electron chi connectivity index (χ3n) is 8.58. The van der Waals surface area contributed by atoms with Crippen molar-refractivity contribution in [3.63, 3.8) is 0 Å². The minimum Gasteiger partial charge on any atom is -0.295 e. The Labute approximate surface area is 230 Å². The topological polar surface area (TPSA) is 94.3 Å². The van der Waals surface area contributed by atoms with Crippen molar-refractivity contribution in [3.05, 3.63) is 70.5 Å². The van der Waals surface area contributed by atoms with Gasteiger partial charge in [-0.3, -0.25) is 14.1 Å². The van der Waals surface area contributed by atoms with Crippen LogP contribution in [0.1, 0.15) is 89.4 Å². The first-order valence-corrected chi connectivity index (χ1v) is 14.7. The molecule has 0 bridgehead atoms. The van der Waals surface area contributed by atoms with Crippen LogP contribution in [-0.2, 0) is 13.0 Å². The Bertz CT molecular complexity index is 1370. The maximum absolute atomic E-state index is 14.0. The minimum atomic E-state index is 0.136. The van der Waals surface area contributed by atoms with Gasteiger partial charge >= 0.3 is 5.69 Å². The molecule has 1 fully saturated rings. The van der Waals surface area contributed by atoms with Crippen LogP contribution in [0.3, 0.4) is 0 Å². The molecule has 1 N–H and O–H groups in total. The number of aromatic nitrogens is 7. The van der Waals surface area contributed by atoms with E-state index in [0.717, 1.165) is 60.2 Å². The standard InChI is InChI=1S/C31H41N7O/c1-4-7-14-25-21-38(29-23(5-2)12-8-9-13-24(29)6-3)31(39)37(25)20-22-17-18-28(32-19-22)26-15-10-11-16-27(26)30-33-35-36-34-30/h10-11,15-19,21,23-24,29H,4-9,12-14,20H2,1-3H3,(H,33,34,35,36). The number of imidazole rings is 1. The second-order valence-electron chi connectivity index (χ2n) is 11.0. The third kappa shape index (κ3) is 5.75. The number of pyridine rings is 1. The molecule has 206 valence electrons. The molecule has 8 heteroatoms. The van der Waals surface area contributed by atoms with E-state index in [1.807, 2.05) is 41.1 Å². The molecule has 0 spiro atoms. The van der Waals surface area contributed by atoms with Gasteiger partial charge in [0, 0.05) is 35.3 Å². The number of nitrogens with one attached hydrogen (secondary N) is 1. The zero-order valence-electron chi connectivity index (χ0n) is 23.5. The molecule has 3 heterocycles. The van der Waals surface area contributed by atoms with Crippen molar-refractivity contribution in [2.45, 2.75) is 91.1 Å². The highest BCUT2D eigenvalue weighted by molar-refractivity contribution is 5.78. The average molecular weight is 528 g/mol. The number of aromatic amines is 1. The van der Waals surface area contributed by atoms with Crippen LogP contribution < -0.4 is 5.69 Å². The summed E-state index contributed by atoms with van der Waals surface area (Å²) in [6.45, 7) is 7.33. The van der Waals surface area contributed by atoms with Gasteiger partial charge in [-0.1, -0.05) is 83.2 Å². The summed E-state index contributed by atoms with van der Waals surface area (Å²) in [7, 11) is 0. The van der Waals surface area contributed by atoms with Crippen molar-refractivity contribution >= 4 is 0 Å². The van der Waals surface area contributed by atoms with Crippen molar-refractivity contribution in [2.24, 2.45) is 11.8 Å². The first kappa shape index (κ1) is 27.0. The van der Waals surface area contributed by atoms with E-state index in [9.17, 15) is 4.79 Å². The second-order valence-corrected chi connectivity index (χ2v) is 11.0. The lowest BCUT2D eigenvalue weighted by Crippen LogP contribution is -2.34. The van der Waals surface area contributed by atoms with E-state index in [0.29, 0.717) is 30.2 Å². The van der Waals surface area contributed by atoms with Gasteiger partial charge in [-0.2, -0.15) is 0 Å². The van der Waals surface area contributed by atoms with Gasteiger partial charge in [0.15, 0.2) is 5.82 Å². The molecule has 2 unspecified atom stereocenters. The SMILES string of the molecule is CCCCc1cn(C2C(CC)CCCCC2CC)c(=O)n1Cc1ccc(-c2ccccc2-c2nnn[nH]2)nc1. The Morgan fingerprint density at radius 2 is 1.72 bits per heavy atom. The molecule has 0 saturated heterocycles. The zero-order chi connectivity index (χ0) is 27.2. The van der Waals surface area contributed by atoms with E-state index in [1.165, 1.54) is 25.7 Å².